The standard InChI is InChI=1S/C38H24N8/c1-3-22-39-29(12-1)31-14-6-16-33(42-31)37-44-36(45-38(46-37)34-17-7-15-32(43-34)30-13-2-4-23-40-30)27-20-18-25(19-21-27)28-11-5-9-26-10-8-24-41-35(26)28/h1-24H. The molecule has 8 aromatic rings. The highest BCUT2D eigenvalue weighted by Crippen LogP contribution is 2.30. The molecule has 46 heavy (non-hydrogen) atoms. The Morgan fingerprint density at radius 1 is 0.304 bits per heavy atom. The molecule has 8 nitrogen and oxygen atoms in total. The van der Waals surface area contributed by atoms with E-state index in [1.165, 1.54) is 0 Å². The summed E-state index contributed by atoms with van der Waals surface area (Å²) in [7, 11) is 0. The largest absolute Gasteiger partial charge is 0.256 e. The maximum Gasteiger partial charge on any atom is 0.182 e. The van der Waals surface area contributed by atoms with Crippen LogP contribution in [0.15, 0.2) is 146 Å². The Labute approximate surface area is 264 Å². The number of rotatable bonds is 6. The van der Waals surface area contributed by atoms with Gasteiger partial charge in [0.1, 0.15) is 11.4 Å². The molecule has 0 bridgehead atoms. The predicted molar refractivity (Wildman–Crippen MR) is 179 cm³/mol. The van der Waals surface area contributed by atoms with Gasteiger partial charge >= 0.3 is 0 Å². The van der Waals surface area contributed by atoms with Gasteiger partial charge in [-0.3, -0.25) is 15.0 Å². The van der Waals surface area contributed by atoms with Crippen molar-refractivity contribution in [2.75, 3.05) is 0 Å². The number of nitrogens with zero attached hydrogens (tertiary/aromatic N) is 8. The van der Waals surface area contributed by atoms with Crippen molar-refractivity contribution in [2.45, 2.75) is 0 Å². The maximum absolute atomic E-state index is 4.91. The number of aromatic nitrogens is 8. The van der Waals surface area contributed by atoms with Crippen molar-refractivity contribution < 1.29 is 0 Å². The first kappa shape index (κ1) is 27.0. The van der Waals surface area contributed by atoms with Gasteiger partial charge in [-0.2, -0.15) is 0 Å². The molecular formula is C38H24N8. The molecule has 8 rings (SSSR count). The highest BCUT2D eigenvalue weighted by atomic mass is 15.1. The van der Waals surface area contributed by atoms with Crippen molar-refractivity contribution in [3.05, 3.63) is 146 Å². The molecular weight excluding hydrogens is 568 g/mol. The summed E-state index contributed by atoms with van der Waals surface area (Å²) in [5.74, 6) is 1.38. The quantitative estimate of drug-likeness (QED) is 0.191. The number of para-hydroxylation sites is 1. The number of pyridine rings is 5. The van der Waals surface area contributed by atoms with E-state index in [0.29, 0.717) is 28.9 Å². The minimum Gasteiger partial charge on any atom is -0.256 e. The zero-order valence-corrected chi connectivity index (χ0v) is 24.4. The second kappa shape index (κ2) is 11.9. The Kier molecular flexibility index (Phi) is 6.97. The van der Waals surface area contributed by atoms with E-state index in [4.69, 9.17) is 24.9 Å². The lowest BCUT2D eigenvalue weighted by Gasteiger charge is -2.10. The smallest absolute Gasteiger partial charge is 0.182 e. The minimum absolute atomic E-state index is 0.435. The Morgan fingerprint density at radius 2 is 0.804 bits per heavy atom. The second-order valence-corrected chi connectivity index (χ2v) is 10.5. The summed E-state index contributed by atoms with van der Waals surface area (Å²) in [6, 6.07) is 41.4. The third-order valence-corrected chi connectivity index (χ3v) is 7.53. The number of fused-ring (bicyclic) bond motifs is 1. The van der Waals surface area contributed by atoms with E-state index in [9.17, 15) is 0 Å². The fraction of sp³-hybridized carbons (Fsp3) is 0. The average Bonchev–Trinajstić information content (AvgIpc) is 3.15. The maximum atomic E-state index is 4.91. The summed E-state index contributed by atoms with van der Waals surface area (Å²) in [5.41, 5.74) is 8.10. The molecule has 0 fully saturated rings. The van der Waals surface area contributed by atoms with Crippen LogP contribution in [0.5, 0.6) is 0 Å². The fourth-order valence-electron chi connectivity index (χ4n) is 5.30. The third kappa shape index (κ3) is 5.35. The highest BCUT2D eigenvalue weighted by Gasteiger charge is 2.16. The van der Waals surface area contributed by atoms with Crippen molar-refractivity contribution in [3.63, 3.8) is 0 Å². The molecule has 0 saturated heterocycles. The molecule has 0 saturated carbocycles. The molecule has 6 heterocycles. The molecule has 0 aliphatic heterocycles. The molecule has 0 amide bonds. The van der Waals surface area contributed by atoms with Crippen LogP contribution in [0, 0.1) is 0 Å². The number of hydrogen-bond acceptors (Lipinski definition) is 8. The van der Waals surface area contributed by atoms with Crippen LogP contribution in [0.25, 0.3) is 79.2 Å². The van der Waals surface area contributed by atoms with Crippen molar-refractivity contribution in [1.82, 2.24) is 39.9 Å². The number of benzene rings is 2. The van der Waals surface area contributed by atoms with Crippen molar-refractivity contribution in [1.29, 1.82) is 0 Å². The summed E-state index contributed by atoms with van der Waals surface area (Å²) in [4.78, 5) is 38.0. The van der Waals surface area contributed by atoms with Gasteiger partial charge in [0.05, 0.1) is 28.3 Å². The first-order valence-corrected chi connectivity index (χ1v) is 14.8. The third-order valence-electron chi connectivity index (χ3n) is 7.53. The summed E-state index contributed by atoms with van der Waals surface area (Å²) in [6.07, 6.45) is 5.32. The van der Waals surface area contributed by atoms with E-state index < -0.39 is 0 Å². The summed E-state index contributed by atoms with van der Waals surface area (Å²) < 4.78 is 0. The molecule has 0 radical (unpaired) electrons. The first-order chi connectivity index (χ1) is 22.8. The molecule has 6 aromatic heterocycles. The Morgan fingerprint density at radius 3 is 1.41 bits per heavy atom. The average molecular weight is 593 g/mol. The van der Waals surface area contributed by atoms with Gasteiger partial charge in [0, 0.05) is 35.1 Å². The normalized spacial score (nSPS) is 11.0. The van der Waals surface area contributed by atoms with Crippen LogP contribution in [-0.4, -0.2) is 39.9 Å². The lowest BCUT2D eigenvalue weighted by Crippen LogP contribution is -2.03. The highest BCUT2D eigenvalue weighted by molar-refractivity contribution is 5.93. The molecule has 0 atom stereocenters. The lowest BCUT2D eigenvalue weighted by molar-refractivity contribution is 1.04. The fourth-order valence-corrected chi connectivity index (χ4v) is 5.30. The number of hydrogen-bond donors (Lipinski definition) is 0. The zero-order valence-electron chi connectivity index (χ0n) is 24.4. The van der Waals surface area contributed by atoms with E-state index in [1.807, 2.05) is 97.2 Å². The summed E-state index contributed by atoms with van der Waals surface area (Å²) >= 11 is 0. The SMILES string of the molecule is c1ccc(-c2cccc(-c3nc(-c4ccc(-c5cccc6cccnc56)cc4)nc(-c4cccc(-c5ccccn5)n4)n3)n2)nc1. The lowest BCUT2D eigenvalue weighted by atomic mass is 10.0. The van der Waals surface area contributed by atoms with Crippen LogP contribution in [0.4, 0.5) is 0 Å². The van der Waals surface area contributed by atoms with E-state index in [2.05, 4.69) is 51.4 Å². The molecule has 0 unspecified atom stereocenters. The van der Waals surface area contributed by atoms with Crippen LogP contribution in [0.1, 0.15) is 0 Å². The molecule has 8 heteroatoms. The van der Waals surface area contributed by atoms with Gasteiger partial charge in [0.15, 0.2) is 17.5 Å². The topological polar surface area (TPSA) is 103 Å². The van der Waals surface area contributed by atoms with Crippen molar-refractivity contribution in [2.24, 2.45) is 0 Å². The molecule has 0 N–H and O–H groups in total. The van der Waals surface area contributed by atoms with Crippen LogP contribution in [0.3, 0.4) is 0 Å². The van der Waals surface area contributed by atoms with Gasteiger partial charge < -0.3 is 0 Å². The van der Waals surface area contributed by atoms with Gasteiger partial charge in [0.25, 0.3) is 0 Å². The summed E-state index contributed by atoms with van der Waals surface area (Å²) in [5, 5.41) is 1.09. The van der Waals surface area contributed by atoms with Crippen LogP contribution >= 0.6 is 0 Å². The zero-order chi connectivity index (χ0) is 30.7. The van der Waals surface area contributed by atoms with Crippen LogP contribution < -0.4 is 0 Å². The minimum atomic E-state index is 0.435. The molecule has 216 valence electrons. The molecule has 2 aromatic carbocycles. The van der Waals surface area contributed by atoms with E-state index in [-0.39, 0.29) is 0 Å². The Hall–Kier alpha value is -6.54. The van der Waals surface area contributed by atoms with Gasteiger partial charge in [0.2, 0.25) is 0 Å². The van der Waals surface area contributed by atoms with Gasteiger partial charge in [-0.15, -0.1) is 0 Å². The monoisotopic (exact) mass is 592 g/mol. The predicted octanol–water partition coefficient (Wildman–Crippen LogP) is 8.00. The van der Waals surface area contributed by atoms with Crippen molar-refractivity contribution in [3.8, 4) is 68.3 Å². The van der Waals surface area contributed by atoms with Crippen molar-refractivity contribution >= 4 is 10.9 Å². The van der Waals surface area contributed by atoms with E-state index in [1.54, 1.807) is 12.4 Å². The van der Waals surface area contributed by atoms with Crippen LogP contribution in [0.2, 0.25) is 0 Å². The van der Waals surface area contributed by atoms with Gasteiger partial charge in [-0.1, -0.05) is 72.8 Å². The van der Waals surface area contributed by atoms with E-state index in [0.717, 1.165) is 50.4 Å². The first-order valence-electron chi connectivity index (χ1n) is 14.8. The Bertz CT molecular complexity index is 2200. The molecule has 0 aliphatic rings. The van der Waals surface area contributed by atoms with Gasteiger partial charge in [-0.05, 0) is 60.2 Å². The van der Waals surface area contributed by atoms with Gasteiger partial charge in [-0.25, -0.2) is 24.9 Å². The molecule has 0 spiro atoms. The van der Waals surface area contributed by atoms with E-state index >= 15 is 0 Å². The van der Waals surface area contributed by atoms with Crippen LogP contribution in [-0.2, 0) is 0 Å². The summed E-state index contributed by atoms with van der Waals surface area (Å²) in [6.45, 7) is 0. The molecule has 0 aliphatic carbocycles. The Balaban J connectivity index is 1.25. The second-order valence-electron chi connectivity index (χ2n) is 10.5.